The molecule has 1 aliphatic carbocycles. The van der Waals surface area contributed by atoms with Crippen LogP contribution in [0, 0.1) is 12.8 Å². The van der Waals surface area contributed by atoms with Crippen LogP contribution in [0.5, 0.6) is 5.75 Å². The number of thiophene rings is 1. The van der Waals surface area contributed by atoms with Crippen molar-refractivity contribution in [3.63, 3.8) is 0 Å². The Balaban J connectivity index is 1.83. The molecule has 0 saturated heterocycles. The van der Waals surface area contributed by atoms with Crippen LogP contribution in [0.1, 0.15) is 33.7 Å². The van der Waals surface area contributed by atoms with Crippen LogP contribution >= 0.6 is 11.3 Å². The molecule has 4 rings (SSSR count). The second kappa shape index (κ2) is 4.38. The highest BCUT2D eigenvalue weighted by molar-refractivity contribution is 7.12. The Hall–Kier alpha value is -1.74. The smallest absolute Gasteiger partial charge is 0.138 e. The molecule has 2 aliphatic rings. The summed E-state index contributed by atoms with van der Waals surface area (Å²) >= 11 is 1.85. The van der Waals surface area contributed by atoms with Gasteiger partial charge in [0, 0.05) is 15.7 Å². The monoisotopic (exact) mass is 283 g/mol. The van der Waals surface area contributed by atoms with Crippen LogP contribution in [0.25, 0.3) is 0 Å². The van der Waals surface area contributed by atoms with Crippen molar-refractivity contribution in [1.29, 1.82) is 0 Å². The van der Waals surface area contributed by atoms with E-state index in [2.05, 4.69) is 42.6 Å². The number of para-hydroxylation sites is 1. The van der Waals surface area contributed by atoms with Gasteiger partial charge in [-0.15, -0.1) is 11.3 Å². The largest absolute Gasteiger partial charge is 0.506 e. The Morgan fingerprint density at radius 1 is 1.25 bits per heavy atom. The van der Waals surface area contributed by atoms with E-state index in [0.29, 0.717) is 23.6 Å². The van der Waals surface area contributed by atoms with Crippen molar-refractivity contribution in [2.24, 2.45) is 5.92 Å². The summed E-state index contributed by atoms with van der Waals surface area (Å²) in [5, 5.41) is 13.7. The van der Waals surface area contributed by atoms with Gasteiger partial charge in [-0.05, 0) is 43.0 Å². The van der Waals surface area contributed by atoms with Crippen molar-refractivity contribution in [2.75, 3.05) is 5.32 Å². The Bertz CT molecular complexity index is 688. The van der Waals surface area contributed by atoms with Gasteiger partial charge in [0.25, 0.3) is 0 Å². The molecule has 3 atom stereocenters. The van der Waals surface area contributed by atoms with E-state index in [9.17, 15) is 5.11 Å². The van der Waals surface area contributed by atoms with Gasteiger partial charge in [-0.3, -0.25) is 0 Å². The quantitative estimate of drug-likeness (QED) is 0.592. The fourth-order valence-electron chi connectivity index (χ4n) is 3.51. The summed E-state index contributed by atoms with van der Waals surface area (Å²) in [6, 6.07) is 10.5. The minimum atomic E-state index is 0.300. The summed E-state index contributed by atoms with van der Waals surface area (Å²) < 4.78 is 0. The maximum Gasteiger partial charge on any atom is 0.138 e. The molecule has 2 heterocycles. The van der Waals surface area contributed by atoms with Crippen LogP contribution in [0.4, 0.5) is 5.69 Å². The highest BCUT2D eigenvalue weighted by Crippen LogP contribution is 2.52. The number of rotatable bonds is 1. The summed E-state index contributed by atoms with van der Waals surface area (Å²) in [7, 11) is 0. The topological polar surface area (TPSA) is 32.3 Å². The number of phenols is 1. The number of phenolic OH excluding ortho intramolecular Hbond substituents is 1. The summed E-state index contributed by atoms with van der Waals surface area (Å²) in [6.07, 6.45) is 5.69. The standard InChI is InChI=1S/C17H17NOS/c1-10-8-9-15(20-10)17-13-5-2-4-11(13)12-6-3-7-14(19)16(12)18-17/h2-4,6-9,11,13,17-19H,5H2,1H3. The molecular weight excluding hydrogens is 266 g/mol. The maximum atomic E-state index is 10.2. The molecule has 0 saturated carbocycles. The van der Waals surface area contributed by atoms with Gasteiger partial charge in [0.05, 0.1) is 11.7 Å². The third-order valence-corrected chi connectivity index (χ3v) is 5.53. The van der Waals surface area contributed by atoms with E-state index in [0.717, 1.165) is 12.1 Å². The van der Waals surface area contributed by atoms with Crippen LogP contribution in [0.15, 0.2) is 42.5 Å². The first kappa shape index (κ1) is 12.0. The first-order valence-electron chi connectivity index (χ1n) is 7.05. The van der Waals surface area contributed by atoms with Gasteiger partial charge in [-0.1, -0.05) is 24.3 Å². The second-order valence-electron chi connectivity index (χ2n) is 5.67. The number of aromatic hydroxyl groups is 1. The Labute approximate surface area is 122 Å². The number of hydrogen-bond donors (Lipinski definition) is 2. The van der Waals surface area contributed by atoms with Gasteiger partial charge in [0.1, 0.15) is 5.75 Å². The van der Waals surface area contributed by atoms with Crippen molar-refractivity contribution < 1.29 is 5.11 Å². The van der Waals surface area contributed by atoms with Crippen LogP contribution in [0.3, 0.4) is 0 Å². The minimum Gasteiger partial charge on any atom is -0.506 e. The van der Waals surface area contributed by atoms with Gasteiger partial charge in [0.2, 0.25) is 0 Å². The highest BCUT2D eigenvalue weighted by Gasteiger charge is 2.39. The Morgan fingerprint density at radius 2 is 2.15 bits per heavy atom. The number of nitrogens with one attached hydrogen (secondary N) is 1. The highest BCUT2D eigenvalue weighted by atomic mass is 32.1. The number of anilines is 1. The predicted molar refractivity (Wildman–Crippen MR) is 83.5 cm³/mol. The first-order valence-corrected chi connectivity index (χ1v) is 7.87. The molecule has 2 N–H and O–H groups in total. The van der Waals surface area contributed by atoms with Crippen molar-refractivity contribution >= 4 is 17.0 Å². The zero-order valence-electron chi connectivity index (χ0n) is 11.3. The van der Waals surface area contributed by atoms with Gasteiger partial charge in [-0.25, -0.2) is 0 Å². The lowest BCUT2D eigenvalue weighted by Crippen LogP contribution is -2.28. The summed E-state index contributed by atoms with van der Waals surface area (Å²) in [6.45, 7) is 2.15. The number of aryl methyl sites for hydroxylation is 1. The molecule has 0 amide bonds. The Morgan fingerprint density at radius 3 is 2.95 bits per heavy atom. The van der Waals surface area contributed by atoms with Crippen LogP contribution in [0.2, 0.25) is 0 Å². The molecule has 3 heteroatoms. The molecule has 3 unspecified atom stereocenters. The fourth-order valence-corrected chi connectivity index (χ4v) is 4.51. The lowest BCUT2D eigenvalue weighted by molar-refractivity contribution is 0.419. The van der Waals surface area contributed by atoms with Crippen LogP contribution in [-0.2, 0) is 0 Å². The van der Waals surface area contributed by atoms with Crippen molar-refractivity contribution in [3.05, 3.63) is 57.8 Å². The van der Waals surface area contributed by atoms with Gasteiger partial charge >= 0.3 is 0 Å². The summed E-state index contributed by atoms with van der Waals surface area (Å²) in [5.74, 6) is 1.34. The fraction of sp³-hybridized carbons (Fsp3) is 0.294. The zero-order valence-corrected chi connectivity index (χ0v) is 12.2. The van der Waals surface area contributed by atoms with E-state index < -0.39 is 0 Å². The number of fused-ring (bicyclic) bond motifs is 3. The molecule has 0 radical (unpaired) electrons. The molecule has 0 spiro atoms. The first-order chi connectivity index (χ1) is 9.74. The maximum absolute atomic E-state index is 10.2. The van der Waals surface area contributed by atoms with Crippen LogP contribution < -0.4 is 5.32 Å². The lowest BCUT2D eigenvalue weighted by atomic mass is 9.79. The average Bonchev–Trinajstić information content (AvgIpc) is 3.07. The average molecular weight is 283 g/mol. The molecule has 0 fully saturated rings. The SMILES string of the molecule is Cc1ccc(C2Nc3c(O)cccc3C3C=CCC32)s1. The summed E-state index contributed by atoms with van der Waals surface area (Å²) in [5.41, 5.74) is 2.14. The van der Waals surface area contributed by atoms with E-state index in [1.54, 1.807) is 6.07 Å². The molecule has 102 valence electrons. The third kappa shape index (κ3) is 1.70. The van der Waals surface area contributed by atoms with Crippen molar-refractivity contribution in [1.82, 2.24) is 0 Å². The number of allylic oxidation sites excluding steroid dienone is 2. The third-order valence-electron chi connectivity index (χ3n) is 4.44. The second-order valence-corrected chi connectivity index (χ2v) is 6.98. The van der Waals surface area contributed by atoms with Crippen LogP contribution in [-0.4, -0.2) is 5.11 Å². The van der Waals surface area contributed by atoms with Crippen molar-refractivity contribution in [3.8, 4) is 5.75 Å². The Kier molecular flexibility index (Phi) is 2.64. The minimum absolute atomic E-state index is 0.300. The van der Waals surface area contributed by atoms with E-state index in [1.807, 2.05) is 17.4 Å². The van der Waals surface area contributed by atoms with E-state index in [1.165, 1.54) is 15.3 Å². The van der Waals surface area contributed by atoms with E-state index in [-0.39, 0.29) is 0 Å². The van der Waals surface area contributed by atoms with Gasteiger partial charge in [0.15, 0.2) is 0 Å². The van der Waals surface area contributed by atoms with Gasteiger partial charge < -0.3 is 10.4 Å². The lowest BCUT2D eigenvalue weighted by Gasteiger charge is -2.37. The molecule has 1 aromatic carbocycles. The van der Waals surface area contributed by atoms with Crippen molar-refractivity contribution in [2.45, 2.75) is 25.3 Å². The molecule has 1 aromatic heterocycles. The number of benzene rings is 1. The molecular formula is C17H17NOS. The molecule has 2 nitrogen and oxygen atoms in total. The molecule has 20 heavy (non-hydrogen) atoms. The van der Waals surface area contributed by atoms with Gasteiger partial charge in [-0.2, -0.15) is 0 Å². The predicted octanol–water partition coefficient (Wildman–Crippen LogP) is 4.59. The van der Waals surface area contributed by atoms with E-state index >= 15 is 0 Å². The van der Waals surface area contributed by atoms with E-state index in [4.69, 9.17) is 0 Å². The molecule has 1 aliphatic heterocycles. The zero-order chi connectivity index (χ0) is 13.7. The summed E-state index contributed by atoms with van der Waals surface area (Å²) in [4.78, 5) is 2.71. The molecule has 0 bridgehead atoms. The molecule has 2 aromatic rings. The normalized spacial score (nSPS) is 26.9. The number of hydrogen-bond acceptors (Lipinski definition) is 3.